The summed E-state index contributed by atoms with van der Waals surface area (Å²) in [5.41, 5.74) is 3.75. The van der Waals surface area contributed by atoms with E-state index in [0.29, 0.717) is 11.5 Å². The molecule has 19 heavy (non-hydrogen) atoms. The fourth-order valence-electron chi connectivity index (χ4n) is 2.10. The van der Waals surface area contributed by atoms with Crippen LogP contribution in [-0.2, 0) is 0 Å². The van der Waals surface area contributed by atoms with E-state index in [1.54, 1.807) is 12.3 Å². The Bertz CT molecular complexity index is 705. The van der Waals surface area contributed by atoms with Gasteiger partial charge in [0.1, 0.15) is 11.6 Å². The maximum atomic E-state index is 11.7. The van der Waals surface area contributed by atoms with Gasteiger partial charge in [-0.05, 0) is 35.6 Å². The summed E-state index contributed by atoms with van der Waals surface area (Å²) < 4.78 is 0. The highest BCUT2D eigenvalue weighted by molar-refractivity contribution is 5.73. The number of hydrogen-bond acceptors (Lipinski definition) is 2. The lowest BCUT2D eigenvalue weighted by Gasteiger charge is -2.12. The van der Waals surface area contributed by atoms with Gasteiger partial charge in [-0.1, -0.05) is 32.0 Å². The first-order valence-electron chi connectivity index (χ1n) is 6.27. The van der Waals surface area contributed by atoms with Crippen molar-refractivity contribution in [2.75, 3.05) is 0 Å². The zero-order chi connectivity index (χ0) is 14.0. The number of aryl methyl sites for hydroxylation is 1. The number of aromatic amines is 1. The standard InChI is InChI=1S/C16H16N2O/c1-10(2)12-5-4-11(3)14(8-12)13-6-7-18-16(19)15(13)9-17/h4-8,10H,1-3H3,(H,18,19). The topological polar surface area (TPSA) is 56.6 Å². The smallest absolute Gasteiger partial charge is 0.266 e. The van der Waals surface area contributed by atoms with Crippen LogP contribution in [0.5, 0.6) is 0 Å². The van der Waals surface area contributed by atoms with Crippen molar-refractivity contribution in [3.63, 3.8) is 0 Å². The number of rotatable bonds is 2. The molecule has 0 saturated heterocycles. The Morgan fingerprint density at radius 3 is 2.58 bits per heavy atom. The molecule has 0 aliphatic heterocycles. The van der Waals surface area contributed by atoms with Crippen LogP contribution in [-0.4, -0.2) is 4.98 Å². The Kier molecular flexibility index (Phi) is 3.52. The van der Waals surface area contributed by atoms with E-state index in [1.165, 1.54) is 5.56 Å². The average Bonchev–Trinajstić information content (AvgIpc) is 2.38. The summed E-state index contributed by atoms with van der Waals surface area (Å²) in [7, 11) is 0. The van der Waals surface area contributed by atoms with Crippen molar-refractivity contribution >= 4 is 0 Å². The summed E-state index contributed by atoms with van der Waals surface area (Å²) in [6.45, 7) is 6.23. The number of pyridine rings is 1. The molecule has 0 aliphatic rings. The van der Waals surface area contributed by atoms with E-state index in [1.807, 2.05) is 19.1 Å². The third-order valence-electron chi connectivity index (χ3n) is 3.29. The van der Waals surface area contributed by atoms with E-state index >= 15 is 0 Å². The second-order valence-corrected chi connectivity index (χ2v) is 4.94. The summed E-state index contributed by atoms with van der Waals surface area (Å²) in [4.78, 5) is 14.2. The highest BCUT2D eigenvalue weighted by Gasteiger charge is 2.12. The molecule has 0 spiro atoms. The molecule has 1 aromatic heterocycles. The Hall–Kier alpha value is -2.34. The van der Waals surface area contributed by atoms with E-state index in [0.717, 1.165) is 11.1 Å². The number of aromatic nitrogens is 1. The van der Waals surface area contributed by atoms with Crippen molar-refractivity contribution in [2.24, 2.45) is 0 Å². The SMILES string of the molecule is Cc1ccc(C(C)C)cc1-c1cc[nH]c(=O)c1C#N. The van der Waals surface area contributed by atoms with Crippen molar-refractivity contribution in [1.82, 2.24) is 4.98 Å². The Morgan fingerprint density at radius 1 is 1.21 bits per heavy atom. The van der Waals surface area contributed by atoms with Gasteiger partial charge in [0.25, 0.3) is 5.56 Å². The van der Waals surface area contributed by atoms with Crippen LogP contribution in [0, 0.1) is 18.3 Å². The summed E-state index contributed by atoms with van der Waals surface area (Å²) in [6.07, 6.45) is 1.58. The van der Waals surface area contributed by atoms with Crippen LogP contribution in [0.15, 0.2) is 35.3 Å². The number of nitrogens with one attached hydrogen (secondary N) is 1. The summed E-state index contributed by atoms with van der Waals surface area (Å²) in [5.74, 6) is 0.409. The van der Waals surface area contributed by atoms with Gasteiger partial charge in [0, 0.05) is 11.8 Å². The minimum atomic E-state index is -0.339. The van der Waals surface area contributed by atoms with Gasteiger partial charge >= 0.3 is 0 Å². The van der Waals surface area contributed by atoms with E-state index in [2.05, 4.69) is 31.0 Å². The Morgan fingerprint density at radius 2 is 1.95 bits per heavy atom. The van der Waals surface area contributed by atoms with Crippen molar-refractivity contribution in [3.8, 4) is 17.2 Å². The lowest BCUT2D eigenvalue weighted by atomic mass is 9.92. The third kappa shape index (κ3) is 2.43. The van der Waals surface area contributed by atoms with Crippen LogP contribution >= 0.6 is 0 Å². The van der Waals surface area contributed by atoms with Crippen LogP contribution in [0.1, 0.15) is 36.5 Å². The number of benzene rings is 1. The molecule has 2 rings (SSSR count). The molecule has 0 amide bonds. The van der Waals surface area contributed by atoms with Gasteiger partial charge in [-0.15, -0.1) is 0 Å². The second kappa shape index (κ2) is 5.11. The van der Waals surface area contributed by atoms with Gasteiger partial charge in [-0.2, -0.15) is 5.26 Å². The van der Waals surface area contributed by atoms with Gasteiger partial charge in [-0.25, -0.2) is 0 Å². The summed E-state index contributed by atoms with van der Waals surface area (Å²) >= 11 is 0. The van der Waals surface area contributed by atoms with Crippen LogP contribution in [0.2, 0.25) is 0 Å². The Labute approximate surface area is 112 Å². The summed E-state index contributed by atoms with van der Waals surface area (Å²) in [6, 6.07) is 9.96. The predicted molar refractivity (Wildman–Crippen MR) is 76.0 cm³/mol. The van der Waals surface area contributed by atoms with Crippen molar-refractivity contribution in [3.05, 3.63) is 57.5 Å². The van der Waals surface area contributed by atoms with Gasteiger partial charge in [0.15, 0.2) is 0 Å². The van der Waals surface area contributed by atoms with E-state index in [4.69, 9.17) is 5.26 Å². The molecule has 1 aromatic carbocycles. The highest BCUT2D eigenvalue weighted by Crippen LogP contribution is 2.28. The molecule has 96 valence electrons. The molecule has 0 bridgehead atoms. The molecular weight excluding hydrogens is 236 g/mol. The van der Waals surface area contributed by atoms with E-state index in [-0.39, 0.29) is 11.1 Å². The zero-order valence-electron chi connectivity index (χ0n) is 11.3. The molecule has 0 unspecified atom stereocenters. The van der Waals surface area contributed by atoms with Crippen molar-refractivity contribution in [2.45, 2.75) is 26.7 Å². The first-order valence-corrected chi connectivity index (χ1v) is 6.27. The van der Waals surface area contributed by atoms with Gasteiger partial charge < -0.3 is 4.98 Å². The van der Waals surface area contributed by atoms with Crippen LogP contribution in [0.4, 0.5) is 0 Å². The van der Waals surface area contributed by atoms with Crippen LogP contribution < -0.4 is 5.56 Å². The number of hydrogen-bond donors (Lipinski definition) is 1. The molecule has 0 fully saturated rings. The highest BCUT2D eigenvalue weighted by atomic mass is 16.1. The number of H-pyrrole nitrogens is 1. The minimum absolute atomic E-state index is 0.173. The van der Waals surface area contributed by atoms with Crippen molar-refractivity contribution < 1.29 is 0 Å². The molecule has 1 heterocycles. The second-order valence-electron chi connectivity index (χ2n) is 4.94. The molecule has 0 saturated carbocycles. The third-order valence-corrected chi connectivity index (χ3v) is 3.29. The molecule has 2 aromatic rings. The lowest BCUT2D eigenvalue weighted by molar-refractivity contribution is 0.866. The normalized spacial score (nSPS) is 10.5. The maximum Gasteiger partial charge on any atom is 0.266 e. The number of nitriles is 1. The zero-order valence-corrected chi connectivity index (χ0v) is 11.3. The van der Waals surface area contributed by atoms with Crippen molar-refractivity contribution in [1.29, 1.82) is 5.26 Å². The van der Waals surface area contributed by atoms with E-state index < -0.39 is 0 Å². The molecule has 3 heteroatoms. The molecule has 0 radical (unpaired) electrons. The fourth-order valence-corrected chi connectivity index (χ4v) is 2.10. The monoisotopic (exact) mass is 252 g/mol. The fraction of sp³-hybridized carbons (Fsp3) is 0.250. The molecule has 0 aliphatic carbocycles. The van der Waals surface area contributed by atoms with E-state index in [9.17, 15) is 4.79 Å². The predicted octanol–water partition coefficient (Wildman–Crippen LogP) is 3.35. The first kappa shape index (κ1) is 13.1. The average molecular weight is 252 g/mol. The van der Waals surface area contributed by atoms with Gasteiger partial charge in [0.05, 0.1) is 0 Å². The van der Waals surface area contributed by atoms with Crippen LogP contribution in [0.25, 0.3) is 11.1 Å². The molecule has 0 atom stereocenters. The van der Waals surface area contributed by atoms with Crippen LogP contribution in [0.3, 0.4) is 0 Å². The number of nitrogens with zero attached hydrogens (tertiary/aromatic N) is 1. The minimum Gasteiger partial charge on any atom is -0.328 e. The van der Waals surface area contributed by atoms with Gasteiger partial charge in [0.2, 0.25) is 0 Å². The largest absolute Gasteiger partial charge is 0.328 e. The van der Waals surface area contributed by atoms with Gasteiger partial charge in [-0.3, -0.25) is 4.79 Å². The molecular formula is C16H16N2O. The molecule has 1 N–H and O–H groups in total. The maximum absolute atomic E-state index is 11.7. The quantitative estimate of drug-likeness (QED) is 0.891. The summed E-state index contributed by atoms with van der Waals surface area (Å²) in [5, 5.41) is 9.16. The first-order chi connectivity index (χ1) is 9.04. The molecule has 3 nitrogen and oxygen atoms in total. The Balaban J connectivity index is 2.72. The lowest BCUT2D eigenvalue weighted by Crippen LogP contribution is -2.10.